The number of non-ortho nitro benzene ring substituents is 1. The van der Waals surface area contributed by atoms with Crippen molar-refractivity contribution in [3.8, 4) is 0 Å². The molecule has 13 nitrogen and oxygen atoms in total. The zero-order valence-corrected chi connectivity index (χ0v) is 21.0. The van der Waals surface area contributed by atoms with Gasteiger partial charge in [0.05, 0.1) is 4.92 Å². The van der Waals surface area contributed by atoms with Crippen LogP contribution in [0.2, 0.25) is 0 Å². The van der Waals surface area contributed by atoms with E-state index in [1.807, 2.05) is 12.1 Å². The summed E-state index contributed by atoms with van der Waals surface area (Å²) in [6.07, 6.45) is 3.33. The number of hydrogen-bond donors (Lipinski definition) is 4. The lowest BCUT2D eigenvalue weighted by Gasteiger charge is -2.38. The Morgan fingerprint density at radius 3 is 1.51 bits per heavy atom. The molecule has 1 aromatic carbocycles. The molecular weight excluding hydrogens is 474 g/mol. The average Bonchev–Trinajstić information content (AvgIpc) is 2.87. The minimum Gasteiger partial charge on any atom is -0.341 e. The van der Waals surface area contributed by atoms with Crippen molar-refractivity contribution in [3.05, 3.63) is 39.9 Å². The molecule has 37 heavy (non-hydrogen) atoms. The first-order valence-electron chi connectivity index (χ1n) is 13.0. The molecule has 5 rings (SSSR count). The van der Waals surface area contributed by atoms with Gasteiger partial charge in [0.2, 0.25) is 17.8 Å². The van der Waals surface area contributed by atoms with Crippen molar-refractivity contribution in [1.29, 1.82) is 0 Å². The van der Waals surface area contributed by atoms with Crippen LogP contribution in [-0.4, -0.2) is 83.3 Å². The maximum absolute atomic E-state index is 11.0. The van der Waals surface area contributed by atoms with E-state index in [2.05, 4.69) is 14.7 Å². The Kier molecular flexibility index (Phi) is 7.38. The number of nitrogens with two attached hydrogens (primary N) is 4. The van der Waals surface area contributed by atoms with Gasteiger partial charge >= 0.3 is 0 Å². The van der Waals surface area contributed by atoms with Crippen LogP contribution >= 0.6 is 0 Å². The molecule has 4 heterocycles. The largest absolute Gasteiger partial charge is 0.341 e. The maximum atomic E-state index is 11.0. The summed E-state index contributed by atoms with van der Waals surface area (Å²) in [4.78, 5) is 31.5. The molecule has 13 heteroatoms. The molecule has 4 atom stereocenters. The van der Waals surface area contributed by atoms with E-state index in [-0.39, 0.29) is 34.8 Å². The van der Waals surface area contributed by atoms with Crippen molar-refractivity contribution in [2.45, 2.75) is 55.8 Å². The fourth-order valence-corrected chi connectivity index (χ4v) is 5.73. The van der Waals surface area contributed by atoms with E-state index in [1.165, 1.54) is 0 Å². The molecule has 200 valence electrons. The van der Waals surface area contributed by atoms with Crippen molar-refractivity contribution in [2.75, 3.05) is 54.0 Å². The van der Waals surface area contributed by atoms with Crippen LogP contribution in [0.15, 0.2) is 24.3 Å². The third-order valence-corrected chi connectivity index (χ3v) is 7.55. The standard InChI is InChI=1S/C24H37N11O2/c25-17-9-18(26)12-33(11-17)23-29-22(30-24(31-23)34-13-19(27)10-20(28)14-34)32-7-5-16(6-8-32)15-1-3-21(4-2-15)35(36)37/h1-4,16-20H,5-14,25-28H2/t17-,18+,19-,20+. The van der Waals surface area contributed by atoms with E-state index in [4.69, 9.17) is 37.9 Å². The second-order valence-electron chi connectivity index (χ2n) is 10.7. The van der Waals surface area contributed by atoms with Crippen molar-refractivity contribution in [1.82, 2.24) is 15.0 Å². The monoisotopic (exact) mass is 511 g/mol. The third-order valence-electron chi connectivity index (χ3n) is 7.55. The summed E-state index contributed by atoms with van der Waals surface area (Å²) in [6, 6.07) is 6.72. The first-order valence-corrected chi connectivity index (χ1v) is 13.0. The average molecular weight is 512 g/mol. The number of piperidine rings is 3. The van der Waals surface area contributed by atoms with Crippen molar-refractivity contribution >= 4 is 23.5 Å². The molecule has 0 saturated carbocycles. The van der Waals surface area contributed by atoms with Gasteiger partial charge in [-0.3, -0.25) is 10.1 Å². The molecule has 2 aromatic rings. The van der Waals surface area contributed by atoms with Crippen LogP contribution in [0.5, 0.6) is 0 Å². The molecule has 0 radical (unpaired) electrons. The summed E-state index contributed by atoms with van der Waals surface area (Å²) < 4.78 is 0. The van der Waals surface area contributed by atoms with Gasteiger partial charge in [0, 0.05) is 75.6 Å². The predicted molar refractivity (Wildman–Crippen MR) is 143 cm³/mol. The Labute approximate surface area is 216 Å². The molecule has 3 aliphatic heterocycles. The zero-order chi connectivity index (χ0) is 26.1. The molecule has 1 aromatic heterocycles. The Bertz CT molecular complexity index is 1030. The summed E-state index contributed by atoms with van der Waals surface area (Å²) in [5, 5.41) is 11.0. The molecule has 3 fully saturated rings. The number of aromatic nitrogens is 3. The summed E-state index contributed by atoms with van der Waals surface area (Å²) in [6.45, 7) is 4.08. The van der Waals surface area contributed by atoms with Gasteiger partial charge in [0.1, 0.15) is 0 Å². The van der Waals surface area contributed by atoms with Gasteiger partial charge in [-0.15, -0.1) is 0 Å². The number of rotatable bonds is 5. The molecular formula is C24H37N11O2. The van der Waals surface area contributed by atoms with E-state index in [0.717, 1.165) is 44.3 Å². The quantitative estimate of drug-likeness (QED) is 0.308. The zero-order valence-electron chi connectivity index (χ0n) is 21.0. The van der Waals surface area contributed by atoms with Gasteiger partial charge in [0.15, 0.2) is 0 Å². The van der Waals surface area contributed by atoms with Crippen molar-refractivity contribution in [3.63, 3.8) is 0 Å². The van der Waals surface area contributed by atoms with Crippen LogP contribution in [0, 0.1) is 10.1 Å². The fraction of sp³-hybridized carbons (Fsp3) is 0.625. The van der Waals surface area contributed by atoms with Crippen LogP contribution in [0.1, 0.15) is 37.2 Å². The molecule has 0 amide bonds. The lowest BCUT2D eigenvalue weighted by atomic mass is 9.89. The Hall–Kier alpha value is -3.13. The van der Waals surface area contributed by atoms with Gasteiger partial charge in [-0.05, 0) is 37.2 Å². The number of anilines is 3. The smallest absolute Gasteiger partial charge is 0.269 e. The number of benzene rings is 1. The second-order valence-corrected chi connectivity index (χ2v) is 10.7. The maximum Gasteiger partial charge on any atom is 0.269 e. The minimum atomic E-state index is -0.369. The normalized spacial score (nSPS) is 27.4. The summed E-state index contributed by atoms with van der Waals surface area (Å²) in [5.41, 5.74) is 26.3. The minimum absolute atomic E-state index is 0.0401. The highest BCUT2D eigenvalue weighted by Crippen LogP contribution is 2.32. The van der Waals surface area contributed by atoms with Crippen LogP contribution in [0.4, 0.5) is 23.5 Å². The second kappa shape index (κ2) is 10.7. The first-order chi connectivity index (χ1) is 17.7. The highest BCUT2D eigenvalue weighted by Gasteiger charge is 2.30. The summed E-state index contributed by atoms with van der Waals surface area (Å²) in [5.74, 6) is 2.11. The third kappa shape index (κ3) is 5.90. The number of nitro groups is 1. The lowest BCUT2D eigenvalue weighted by molar-refractivity contribution is -0.384. The van der Waals surface area contributed by atoms with Crippen LogP contribution in [0.25, 0.3) is 0 Å². The van der Waals surface area contributed by atoms with Gasteiger partial charge in [-0.25, -0.2) is 0 Å². The molecule has 0 spiro atoms. The van der Waals surface area contributed by atoms with Gasteiger partial charge in [-0.1, -0.05) is 12.1 Å². The highest BCUT2D eigenvalue weighted by molar-refractivity contribution is 5.48. The summed E-state index contributed by atoms with van der Waals surface area (Å²) in [7, 11) is 0. The Balaban J connectivity index is 1.37. The lowest BCUT2D eigenvalue weighted by Crippen LogP contribution is -2.54. The van der Waals surface area contributed by atoms with Gasteiger partial charge < -0.3 is 37.6 Å². The topological polar surface area (TPSA) is 196 Å². The molecule has 8 N–H and O–H groups in total. The molecule has 0 aliphatic carbocycles. The van der Waals surface area contributed by atoms with Crippen LogP contribution in [0.3, 0.4) is 0 Å². The van der Waals surface area contributed by atoms with E-state index in [1.54, 1.807) is 12.1 Å². The van der Waals surface area contributed by atoms with Crippen LogP contribution < -0.4 is 37.6 Å². The first kappa shape index (κ1) is 25.5. The number of nitro benzene ring substituents is 1. The van der Waals surface area contributed by atoms with E-state index >= 15 is 0 Å². The Morgan fingerprint density at radius 2 is 1.11 bits per heavy atom. The van der Waals surface area contributed by atoms with Gasteiger partial charge in [0.25, 0.3) is 5.69 Å². The molecule has 0 bridgehead atoms. The predicted octanol–water partition coefficient (Wildman–Crippen LogP) is -0.107. The molecule has 3 aliphatic rings. The highest BCUT2D eigenvalue weighted by atomic mass is 16.6. The van der Waals surface area contributed by atoms with Crippen molar-refractivity contribution in [2.24, 2.45) is 22.9 Å². The van der Waals surface area contributed by atoms with E-state index in [9.17, 15) is 10.1 Å². The number of hydrogen-bond acceptors (Lipinski definition) is 12. The number of nitrogens with zero attached hydrogens (tertiary/aromatic N) is 7. The van der Waals surface area contributed by atoms with E-state index in [0.29, 0.717) is 49.9 Å². The van der Waals surface area contributed by atoms with E-state index < -0.39 is 0 Å². The fourth-order valence-electron chi connectivity index (χ4n) is 5.73. The van der Waals surface area contributed by atoms with Gasteiger partial charge in [-0.2, -0.15) is 15.0 Å². The van der Waals surface area contributed by atoms with Crippen molar-refractivity contribution < 1.29 is 4.92 Å². The molecule has 0 unspecified atom stereocenters. The summed E-state index contributed by atoms with van der Waals surface area (Å²) >= 11 is 0. The molecule has 3 saturated heterocycles. The van der Waals surface area contributed by atoms with Crippen LogP contribution in [-0.2, 0) is 0 Å². The SMILES string of the molecule is N[C@@H]1C[C@H](N)CN(c2nc(N3CCC(c4ccc([N+](=O)[O-])cc4)CC3)nc(N3C[C@H](N)C[C@H](N)C3)n2)C1. The Morgan fingerprint density at radius 1 is 0.703 bits per heavy atom.